The molecule has 0 spiro atoms. The largest absolute Gasteiger partial charge is 0.496 e. The zero-order valence-corrected chi connectivity index (χ0v) is 29.2. The molecular weight excluding hydrogens is 664 g/mol. The zero-order valence-electron chi connectivity index (χ0n) is 28.4. The number of aliphatic hydroxyl groups excluding tert-OH is 1. The summed E-state index contributed by atoms with van der Waals surface area (Å²) in [5.74, 6) is -1.20. The molecular formula is C39H44ClF2N3O5. The molecule has 11 heteroatoms. The van der Waals surface area contributed by atoms with E-state index in [9.17, 15) is 23.5 Å². The van der Waals surface area contributed by atoms with Crippen LogP contribution in [0.25, 0.3) is 5.57 Å². The van der Waals surface area contributed by atoms with E-state index in [2.05, 4.69) is 22.8 Å². The lowest BCUT2D eigenvalue weighted by Crippen LogP contribution is -2.55. The highest BCUT2D eigenvalue weighted by Gasteiger charge is 2.44. The highest BCUT2D eigenvalue weighted by molar-refractivity contribution is 6.32. The van der Waals surface area contributed by atoms with E-state index in [-0.39, 0.29) is 66.4 Å². The minimum absolute atomic E-state index is 0.00856. The van der Waals surface area contributed by atoms with Crippen LogP contribution in [0.5, 0.6) is 11.5 Å². The van der Waals surface area contributed by atoms with E-state index in [1.54, 1.807) is 7.11 Å². The molecule has 3 atom stereocenters. The lowest BCUT2D eigenvalue weighted by atomic mass is 9.74. The number of hydrogen-bond donors (Lipinski definition) is 3. The number of nitrogens with zero attached hydrogens (tertiary/aromatic N) is 1. The number of methoxy groups -OCH3 is 1. The number of fused-ring (bicyclic) bond motifs is 2. The van der Waals surface area contributed by atoms with E-state index in [0.717, 1.165) is 58.6 Å². The first-order valence-electron chi connectivity index (χ1n) is 17.3. The summed E-state index contributed by atoms with van der Waals surface area (Å²) in [5, 5.41) is 15.5. The first-order valence-corrected chi connectivity index (χ1v) is 17.7. The molecule has 1 saturated carbocycles. The molecule has 2 amide bonds. The van der Waals surface area contributed by atoms with Gasteiger partial charge in [-0.1, -0.05) is 48.0 Å². The van der Waals surface area contributed by atoms with Gasteiger partial charge in [0.25, 0.3) is 5.91 Å². The number of piperidine rings is 1. The van der Waals surface area contributed by atoms with Crippen molar-refractivity contribution in [3.05, 3.63) is 99.1 Å². The second kappa shape index (κ2) is 15.9. The maximum Gasteiger partial charge on any atom is 0.252 e. The Balaban J connectivity index is 1.24. The first-order chi connectivity index (χ1) is 24.2. The maximum atomic E-state index is 14.8. The number of carbonyl (C=O) groups excluding carboxylic acids is 2. The number of aryl methyl sites for hydroxylation is 1. The first kappa shape index (κ1) is 35.8. The summed E-state index contributed by atoms with van der Waals surface area (Å²) in [6.07, 6.45) is 4.92. The van der Waals surface area contributed by atoms with Crippen molar-refractivity contribution in [1.82, 2.24) is 15.5 Å². The summed E-state index contributed by atoms with van der Waals surface area (Å²) < 4.78 is 38.5. The average molecular weight is 708 g/mol. The van der Waals surface area contributed by atoms with Gasteiger partial charge in [-0.3, -0.25) is 9.59 Å². The Bertz CT molecular complexity index is 1750. The Morgan fingerprint density at radius 3 is 2.58 bits per heavy atom. The van der Waals surface area contributed by atoms with Crippen molar-refractivity contribution in [1.29, 1.82) is 0 Å². The normalized spacial score (nSPS) is 20.0. The third-order valence-electron chi connectivity index (χ3n) is 10.00. The lowest BCUT2D eigenvalue weighted by Gasteiger charge is -2.43. The molecule has 1 aliphatic carbocycles. The number of nitrogens with one attached hydrogen (secondary N) is 2. The van der Waals surface area contributed by atoms with Crippen LogP contribution in [-0.4, -0.2) is 66.8 Å². The molecule has 0 radical (unpaired) electrons. The van der Waals surface area contributed by atoms with E-state index in [1.165, 1.54) is 0 Å². The zero-order chi connectivity index (χ0) is 35.4. The molecule has 6 rings (SSSR count). The van der Waals surface area contributed by atoms with Gasteiger partial charge >= 0.3 is 0 Å². The van der Waals surface area contributed by atoms with Gasteiger partial charge in [0.1, 0.15) is 28.2 Å². The molecule has 2 bridgehead atoms. The lowest BCUT2D eigenvalue weighted by molar-refractivity contribution is -0.130. The van der Waals surface area contributed by atoms with E-state index < -0.39 is 11.6 Å². The number of hydrogen-bond acceptors (Lipinski definition) is 6. The number of ether oxygens (including phenoxy) is 2. The third-order valence-corrected chi connectivity index (χ3v) is 10.4. The molecule has 1 saturated heterocycles. The van der Waals surface area contributed by atoms with Crippen LogP contribution < -0.4 is 20.1 Å². The highest BCUT2D eigenvalue weighted by Crippen LogP contribution is 2.41. The van der Waals surface area contributed by atoms with E-state index >= 15 is 0 Å². The fourth-order valence-electron chi connectivity index (χ4n) is 7.26. The van der Waals surface area contributed by atoms with Crippen LogP contribution in [0, 0.1) is 24.5 Å². The van der Waals surface area contributed by atoms with Crippen molar-refractivity contribution < 1.29 is 33.0 Å². The smallest absolute Gasteiger partial charge is 0.252 e. The van der Waals surface area contributed by atoms with E-state index in [1.807, 2.05) is 42.2 Å². The number of amides is 2. The summed E-state index contributed by atoms with van der Waals surface area (Å²) in [4.78, 5) is 29.9. The predicted molar refractivity (Wildman–Crippen MR) is 188 cm³/mol. The SMILES string of the molecule is COc1cccc(CN(C(=O)C2=C(c3ccc(CCCOc4cc(F)cc(F)c4Cl)cc3)CC3CC(C(=O)NCCO)CC2N3)C2CC2)c1C. The molecule has 2 aliphatic heterocycles. The molecule has 3 aromatic carbocycles. The van der Waals surface area contributed by atoms with Crippen LogP contribution in [0.2, 0.25) is 5.02 Å². The minimum atomic E-state index is -0.859. The van der Waals surface area contributed by atoms with Gasteiger partial charge in [-0.25, -0.2) is 8.78 Å². The summed E-state index contributed by atoms with van der Waals surface area (Å²) in [5.41, 5.74) is 5.80. The van der Waals surface area contributed by atoms with Crippen molar-refractivity contribution in [2.24, 2.45) is 5.92 Å². The van der Waals surface area contributed by atoms with Gasteiger partial charge in [-0.2, -0.15) is 0 Å². The summed E-state index contributed by atoms with van der Waals surface area (Å²) in [6, 6.07) is 15.8. The third kappa shape index (κ3) is 8.14. The van der Waals surface area contributed by atoms with Crippen molar-refractivity contribution in [3.8, 4) is 11.5 Å². The highest BCUT2D eigenvalue weighted by atomic mass is 35.5. The monoisotopic (exact) mass is 707 g/mol. The average Bonchev–Trinajstić information content (AvgIpc) is 3.96. The second-order valence-electron chi connectivity index (χ2n) is 13.5. The van der Waals surface area contributed by atoms with Gasteiger partial charge in [0, 0.05) is 54.8 Å². The predicted octanol–water partition coefficient (Wildman–Crippen LogP) is 6.14. The van der Waals surface area contributed by atoms with Crippen molar-refractivity contribution >= 4 is 29.0 Å². The Morgan fingerprint density at radius 1 is 1.08 bits per heavy atom. The molecule has 3 aliphatic rings. The minimum Gasteiger partial charge on any atom is -0.496 e. The molecule has 3 aromatic rings. The molecule has 2 heterocycles. The van der Waals surface area contributed by atoms with Gasteiger partial charge < -0.3 is 30.1 Å². The number of benzene rings is 3. The van der Waals surface area contributed by atoms with Crippen molar-refractivity contribution in [2.45, 2.75) is 76.5 Å². The quantitative estimate of drug-likeness (QED) is 0.138. The molecule has 266 valence electrons. The second-order valence-corrected chi connectivity index (χ2v) is 13.8. The molecule has 0 aromatic heterocycles. The number of aliphatic hydroxyl groups is 1. The number of rotatable bonds is 14. The van der Waals surface area contributed by atoms with Gasteiger partial charge in [-0.15, -0.1) is 0 Å². The molecule has 3 unspecified atom stereocenters. The van der Waals surface area contributed by atoms with Gasteiger partial charge in [0.15, 0.2) is 0 Å². The summed E-state index contributed by atoms with van der Waals surface area (Å²) in [7, 11) is 1.65. The Kier molecular flexibility index (Phi) is 11.4. The van der Waals surface area contributed by atoms with Gasteiger partial charge in [0.05, 0.1) is 20.3 Å². The van der Waals surface area contributed by atoms with Crippen LogP contribution in [0.3, 0.4) is 0 Å². The molecule has 2 fully saturated rings. The summed E-state index contributed by atoms with van der Waals surface area (Å²) in [6.45, 7) is 2.80. The van der Waals surface area contributed by atoms with Crippen LogP contribution in [0.1, 0.15) is 60.8 Å². The number of carbonyl (C=O) groups is 2. The molecule has 50 heavy (non-hydrogen) atoms. The Morgan fingerprint density at radius 2 is 1.86 bits per heavy atom. The number of halogens is 3. The Hall–Kier alpha value is -3.99. The van der Waals surface area contributed by atoms with Gasteiger partial charge in [0.2, 0.25) is 5.91 Å². The fourth-order valence-corrected chi connectivity index (χ4v) is 7.42. The fraction of sp³-hybridized carbons (Fsp3) is 0.436. The topological polar surface area (TPSA) is 100 Å². The summed E-state index contributed by atoms with van der Waals surface area (Å²) >= 11 is 5.93. The molecule has 3 N–H and O–H groups in total. The van der Waals surface area contributed by atoms with Crippen molar-refractivity contribution in [3.63, 3.8) is 0 Å². The van der Waals surface area contributed by atoms with E-state index in [4.69, 9.17) is 21.1 Å². The maximum absolute atomic E-state index is 14.8. The Labute approximate surface area is 296 Å². The van der Waals surface area contributed by atoms with Crippen LogP contribution in [0.4, 0.5) is 8.78 Å². The van der Waals surface area contributed by atoms with E-state index in [0.29, 0.717) is 44.2 Å². The van der Waals surface area contributed by atoms with Crippen molar-refractivity contribution in [2.75, 3.05) is 26.9 Å². The standard InChI is InChI=1S/C39H44ClF2N3O5/c1-23-26(6-3-7-34(23)49-2)22-45(30-12-13-30)39(48)36-31(21-29-17-27(18-33(36)44-29)38(47)43-14-15-46)25-10-8-24(9-11-25)5-4-16-50-35-20-28(41)19-32(42)37(35)40/h3,6-11,19-20,27,29-30,33,44,46H,4-5,12-18,21-22H2,1-2H3,(H,43,47). The molecule has 8 nitrogen and oxygen atoms in total. The van der Waals surface area contributed by atoms with Crippen LogP contribution in [-0.2, 0) is 22.6 Å². The van der Waals surface area contributed by atoms with Gasteiger partial charge in [-0.05, 0) is 85.8 Å². The van der Waals surface area contributed by atoms with Crippen LogP contribution >= 0.6 is 11.6 Å². The van der Waals surface area contributed by atoms with Crippen LogP contribution in [0.15, 0.2) is 60.2 Å².